The van der Waals surface area contributed by atoms with Crippen molar-refractivity contribution in [1.82, 2.24) is 9.80 Å². The van der Waals surface area contributed by atoms with Gasteiger partial charge in [0.15, 0.2) is 0 Å². The van der Waals surface area contributed by atoms with Crippen LogP contribution >= 0.6 is 23.2 Å². The van der Waals surface area contributed by atoms with E-state index in [4.69, 9.17) is 36.9 Å². The highest BCUT2D eigenvalue weighted by Gasteiger charge is 2.29. The largest absolute Gasteiger partial charge is 0.444 e. The summed E-state index contributed by atoms with van der Waals surface area (Å²) in [6.45, 7) is 13.1. The minimum Gasteiger partial charge on any atom is -0.444 e. The van der Waals surface area contributed by atoms with Gasteiger partial charge in [-0.1, -0.05) is 0 Å². The maximum Gasteiger partial charge on any atom is 0.410 e. The van der Waals surface area contributed by atoms with E-state index in [9.17, 15) is 23.1 Å². The highest BCUT2D eigenvalue weighted by atomic mass is 35.5. The third kappa shape index (κ3) is 18.0. The molecular weight excluding hydrogens is 523 g/mol. The third-order valence-electron chi connectivity index (χ3n) is 4.52. The fourth-order valence-corrected chi connectivity index (χ4v) is 3.77. The lowest BCUT2D eigenvalue weighted by molar-refractivity contribution is 0.00963. The summed E-state index contributed by atoms with van der Waals surface area (Å²) in [5, 5.41) is 9.46. The Morgan fingerprint density at radius 3 is 1.43 bits per heavy atom. The maximum absolute atomic E-state index is 11.8. The van der Waals surface area contributed by atoms with Crippen LogP contribution in [0, 0.1) is 0 Å². The summed E-state index contributed by atoms with van der Waals surface area (Å²) in [7, 11) is -3.42. The van der Waals surface area contributed by atoms with Crippen molar-refractivity contribution in [2.75, 3.05) is 37.8 Å². The van der Waals surface area contributed by atoms with Crippen molar-refractivity contribution in [2.45, 2.75) is 90.6 Å². The monoisotopic (exact) mass is 564 g/mol. The molecule has 0 aromatic rings. The van der Waals surface area contributed by atoms with Crippen molar-refractivity contribution >= 4 is 45.5 Å². The van der Waals surface area contributed by atoms with Crippen molar-refractivity contribution in [2.24, 2.45) is 0 Å². The van der Waals surface area contributed by atoms with Crippen molar-refractivity contribution in [1.29, 1.82) is 0 Å². The second kappa shape index (κ2) is 15.3. The van der Waals surface area contributed by atoms with Gasteiger partial charge in [0.1, 0.15) is 11.2 Å². The first-order chi connectivity index (χ1) is 15.9. The number of hydrogen-bond donors (Lipinski definition) is 1. The molecular formula is C22H42Cl2N2O8S. The second-order valence-electron chi connectivity index (χ2n) is 10.3. The van der Waals surface area contributed by atoms with Gasteiger partial charge in [-0.25, -0.2) is 9.59 Å². The van der Waals surface area contributed by atoms with Crippen LogP contribution in [0.2, 0.25) is 0 Å². The van der Waals surface area contributed by atoms with Crippen molar-refractivity contribution in [3.05, 3.63) is 0 Å². The van der Waals surface area contributed by atoms with Crippen LogP contribution in [0.3, 0.4) is 0 Å². The molecule has 2 rings (SSSR count). The lowest BCUT2D eigenvalue weighted by atomic mass is 10.1. The molecule has 0 aliphatic carbocycles. The Balaban J connectivity index is 0.000000608. The molecule has 0 aromatic heterocycles. The van der Waals surface area contributed by atoms with Crippen LogP contribution in [0.25, 0.3) is 0 Å². The zero-order valence-corrected chi connectivity index (χ0v) is 24.2. The van der Waals surface area contributed by atoms with Crippen LogP contribution in [0.1, 0.15) is 67.2 Å². The van der Waals surface area contributed by atoms with Crippen LogP contribution in [0.15, 0.2) is 0 Å². The average molecular weight is 566 g/mol. The molecule has 0 unspecified atom stereocenters. The fraction of sp³-hybridized carbons (Fsp3) is 0.909. The molecule has 2 aliphatic heterocycles. The number of nitrogens with zero attached hydrogens (tertiary/aromatic N) is 2. The van der Waals surface area contributed by atoms with Gasteiger partial charge in [-0.05, 0) is 67.2 Å². The standard InChI is InChI=1S/C11H21NO5S.C10H19NO3.CH2Cl2/c1-11(2,3)16-10(13)12-7-5-9(6-8-12)17-18(4,14)15;1-10(2,3)14-9(13)11-6-4-8(12)5-7-11;2-1-3/h9H,5-8H2,1-4H3;8,12H,4-7H2,1-3H3;1H2. The number of carbonyl (C=O) groups excluding carboxylic acids is 2. The van der Waals surface area contributed by atoms with E-state index in [1.54, 1.807) is 9.80 Å². The first-order valence-corrected chi connectivity index (χ1v) is 14.4. The van der Waals surface area contributed by atoms with E-state index in [0.717, 1.165) is 6.26 Å². The van der Waals surface area contributed by atoms with Crippen LogP contribution in [-0.4, -0.2) is 96.7 Å². The molecule has 13 heteroatoms. The molecule has 2 heterocycles. The summed E-state index contributed by atoms with van der Waals surface area (Å²) in [5.41, 5.74) is -0.954. The van der Waals surface area contributed by atoms with Gasteiger partial charge in [0.25, 0.3) is 10.1 Å². The average Bonchev–Trinajstić information content (AvgIpc) is 2.66. The van der Waals surface area contributed by atoms with E-state index in [1.807, 2.05) is 41.5 Å². The molecule has 0 bridgehead atoms. The fourth-order valence-electron chi connectivity index (χ4n) is 3.08. The molecule has 2 amide bonds. The minimum atomic E-state index is -3.42. The Labute approximate surface area is 220 Å². The predicted octanol–water partition coefficient (Wildman–Crippen LogP) is 4.16. The maximum atomic E-state index is 11.8. The number of halogens is 2. The lowest BCUT2D eigenvalue weighted by Gasteiger charge is -2.32. The molecule has 0 radical (unpaired) electrons. The summed E-state index contributed by atoms with van der Waals surface area (Å²) in [6.07, 6.45) is 2.13. The Bertz CT molecular complexity index is 738. The smallest absolute Gasteiger partial charge is 0.410 e. The molecule has 2 aliphatic rings. The zero-order valence-electron chi connectivity index (χ0n) is 21.9. The van der Waals surface area contributed by atoms with Crippen LogP contribution in [0.5, 0.6) is 0 Å². The summed E-state index contributed by atoms with van der Waals surface area (Å²) in [5.74, 6) is 0. The van der Waals surface area contributed by atoms with Gasteiger partial charge in [0.2, 0.25) is 0 Å². The Morgan fingerprint density at radius 1 is 0.829 bits per heavy atom. The van der Waals surface area contributed by atoms with Crippen molar-refractivity contribution in [3.8, 4) is 0 Å². The van der Waals surface area contributed by atoms with Gasteiger partial charge in [0, 0.05) is 26.2 Å². The zero-order chi connectivity index (χ0) is 27.4. The molecule has 1 N–H and O–H groups in total. The highest BCUT2D eigenvalue weighted by Crippen LogP contribution is 2.18. The van der Waals surface area contributed by atoms with E-state index in [1.165, 1.54) is 0 Å². The molecule has 0 saturated carbocycles. The quantitative estimate of drug-likeness (QED) is 0.391. The number of aliphatic hydroxyl groups is 1. The van der Waals surface area contributed by atoms with Gasteiger partial charge in [0.05, 0.1) is 23.8 Å². The third-order valence-corrected chi connectivity index (χ3v) is 5.14. The summed E-state index contributed by atoms with van der Waals surface area (Å²) in [4.78, 5) is 26.5. The lowest BCUT2D eigenvalue weighted by Crippen LogP contribution is -2.43. The number of aliphatic hydroxyl groups excluding tert-OH is 1. The van der Waals surface area contributed by atoms with Crippen molar-refractivity contribution < 1.29 is 36.8 Å². The van der Waals surface area contributed by atoms with E-state index < -0.39 is 21.3 Å². The van der Waals surface area contributed by atoms with Gasteiger partial charge >= 0.3 is 12.2 Å². The van der Waals surface area contributed by atoms with Gasteiger partial charge in [-0.2, -0.15) is 8.42 Å². The summed E-state index contributed by atoms with van der Waals surface area (Å²) >= 11 is 9.53. The number of ether oxygens (including phenoxy) is 2. The number of likely N-dealkylation sites (tertiary alicyclic amines) is 2. The Kier molecular flexibility index (Phi) is 14.8. The Hall–Kier alpha value is -1.01. The minimum absolute atomic E-state index is 0.194. The first-order valence-electron chi connectivity index (χ1n) is 11.5. The van der Waals surface area contributed by atoms with Gasteiger partial charge in [-0.15, -0.1) is 23.2 Å². The topological polar surface area (TPSA) is 123 Å². The van der Waals surface area contributed by atoms with Gasteiger partial charge in [-0.3, -0.25) is 4.18 Å². The molecule has 2 saturated heterocycles. The number of amides is 2. The van der Waals surface area contributed by atoms with E-state index in [-0.39, 0.29) is 29.7 Å². The van der Waals surface area contributed by atoms with Crippen LogP contribution in [0.4, 0.5) is 9.59 Å². The van der Waals surface area contributed by atoms with Crippen LogP contribution < -0.4 is 0 Å². The predicted molar refractivity (Wildman–Crippen MR) is 136 cm³/mol. The van der Waals surface area contributed by atoms with Crippen molar-refractivity contribution in [3.63, 3.8) is 0 Å². The molecule has 35 heavy (non-hydrogen) atoms. The number of hydrogen-bond acceptors (Lipinski definition) is 8. The normalized spacial score (nSPS) is 18.0. The number of alkyl halides is 2. The van der Waals surface area contributed by atoms with E-state index in [0.29, 0.717) is 51.9 Å². The first kappa shape index (κ1) is 34.0. The molecule has 0 aromatic carbocycles. The molecule has 0 spiro atoms. The van der Waals surface area contributed by atoms with Crippen LogP contribution in [-0.2, 0) is 23.8 Å². The second-order valence-corrected chi connectivity index (χ2v) is 12.7. The van der Waals surface area contributed by atoms with Gasteiger partial charge < -0.3 is 24.4 Å². The van der Waals surface area contributed by atoms with E-state index in [2.05, 4.69) is 0 Å². The molecule has 2 fully saturated rings. The molecule has 10 nitrogen and oxygen atoms in total. The highest BCUT2D eigenvalue weighted by molar-refractivity contribution is 7.86. The number of carbonyl (C=O) groups is 2. The summed E-state index contributed by atoms with van der Waals surface area (Å²) < 4.78 is 37.3. The number of piperidine rings is 2. The van der Waals surface area contributed by atoms with E-state index >= 15 is 0 Å². The molecule has 0 atom stereocenters. The summed E-state index contributed by atoms with van der Waals surface area (Å²) in [6, 6.07) is 0. The SMILES string of the molecule is CC(C)(C)OC(=O)N1CCC(O)CC1.CC(C)(C)OC(=O)N1CCC(OS(C)(=O)=O)CC1.ClCCl. The number of rotatable bonds is 2. The molecule has 208 valence electrons. The Morgan fingerprint density at radius 2 is 1.14 bits per heavy atom.